The quantitative estimate of drug-likeness (QED) is 0.925. The first kappa shape index (κ1) is 14.1. The average Bonchev–Trinajstić information content (AvgIpc) is 2.55. The van der Waals surface area contributed by atoms with E-state index in [1.54, 1.807) is 7.11 Å². The van der Waals surface area contributed by atoms with Gasteiger partial charge in [-0.25, -0.2) is 0 Å². The summed E-state index contributed by atoms with van der Waals surface area (Å²) in [5.41, 5.74) is 4.11. The molecule has 0 amide bonds. The minimum Gasteiger partial charge on any atom is -0.497 e. The summed E-state index contributed by atoms with van der Waals surface area (Å²) in [7, 11) is 1.73. The lowest BCUT2D eigenvalue weighted by molar-refractivity contribution is 0.399. The average molecular weight is 282 g/mol. The van der Waals surface area contributed by atoms with E-state index >= 15 is 0 Å². The van der Waals surface area contributed by atoms with Crippen LogP contribution in [0.15, 0.2) is 42.7 Å². The van der Waals surface area contributed by atoms with Crippen LogP contribution in [0.1, 0.15) is 48.5 Å². The topological polar surface area (TPSA) is 34.1 Å². The number of methoxy groups -OCH3 is 1. The molecule has 0 fully saturated rings. The van der Waals surface area contributed by atoms with E-state index in [-0.39, 0.29) is 0 Å². The van der Waals surface area contributed by atoms with Crippen LogP contribution in [0.25, 0.3) is 0 Å². The zero-order chi connectivity index (χ0) is 14.7. The maximum absolute atomic E-state index is 5.38. The number of rotatable bonds is 4. The first-order valence-electron chi connectivity index (χ1n) is 7.60. The van der Waals surface area contributed by atoms with Gasteiger partial charge in [0.25, 0.3) is 0 Å². The van der Waals surface area contributed by atoms with Crippen LogP contribution in [0.5, 0.6) is 5.75 Å². The Morgan fingerprint density at radius 2 is 2.05 bits per heavy atom. The van der Waals surface area contributed by atoms with E-state index < -0.39 is 0 Å². The summed E-state index contributed by atoms with van der Waals surface area (Å²) in [5, 5.41) is 3.76. The molecule has 1 aliphatic rings. The van der Waals surface area contributed by atoms with E-state index in [1.165, 1.54) is 36.0 Å². The molecule has 1 aromatic carbocycles. The van der Waals surface area contributed by atoms with Gasteiger partial charge in [-0.05, 0) is 67.1 Å². The molecule has 1 N–H and O–H groups in total. The largest absolute Gasteiger partial charge is 0.497 e. The van der Waals surface area contributed by atoms with Gasteiger partial charge in [0.15, 0.2) is 0 Å². The van der Waals surface area contributed by atoms with Crippen molar-refractivity contribution in [1.82, 2.24) is 10.3 Å². The van der Waals surface area contributed by atoms with Crippen molar-refractivity contribution in [3.8, 4) is 5.75 Å². The lowest BCUT2D eigenvalue weighted by atomic mass is 9.87. The lowest BCUT2D eigenvalue weighted by Gasteiger charge is -2.29. The molecule has 1 aromatic heterocycles. The summed E-state index contributed by atoms with van der Waals surface area (Å²) in [6.07, 6.45) is 7.29. The number of aryl methyl sites for hydroxylation is 1. The van der Waals surface area contributed by atoms with Gasteiger partial charge in [-0.15, -0.1) is 0 Å². The zero-order valence-corrected chi connectivity index (χ0v) is 12.7. The van der Waals surface area contributed by atoms with Crippen molar-refractivity contribution in [3.05, 3.63) is 59.4 Å². The van der Waals surface area contributed by atoms with E-state index in [0.717, 1.165) is 5.75 Å². The van der Waals surface area contributed by atoms with E-state index in [0.29, 0.717) is 12.1 Å². The summed E-state index contributed by atoms with van der Waals surface area (Å²) in [6.45, 7) is 2.21. The molecule has 1 heterocycles. The minimum absolute atomic E-state index is 0.315. The molecular formula is C18H22N2O. The van der Waals surface area contributed by atoms with Crippen LogP contribution in [0.3, 0.4) is 0 Å². The summed E-state index contributed by atoms with van der Waals surface area (Å²) < 4.78 is 5.38. The van der Waals surface area contributed by atoms with Crippen LogP contribution in [0.2, 0.25) is 0 Å². The monoisotopic (exact) mass is 282 g/mol. The van der Waals surface area contributed by atoms with Crippen molar-refractivity contribution in [2.45, 2.75) is 38.3 Å². The van der Waals surface area contributed by atoms with Gasteiger partial charge in [-0.3, -0.25) is 4.98 Å². The van der Waals surface area contributed by atoms with Crippen LogP contribution in [0, 0.1) is 0 Å². The molecule has 0 bridgehead atoms. The second kappa shape index (κ2) is 6.27. The van der Waals surface area contributed by atoms with Crippen LogP contribution in [0.4, 0.5) is 0 Å². The van der Waals surface area contributed by atoms with Gasteiger partial charge < -0.3 is 10.1 Å². The summed E-state index contributed by atoms with van der Waals surface area (Å²) in [6, 6.07) is 11.3. The van der Waals surface area contributed by atoms with Gasteiger partial charge in [-0.1, -0.05) is 6.07 Å². The predicted molar refractivity (Wildman–Crippen MR) is 84.5 cm³/mol. The number of fused-ring (bicyclic) bond motifs is 1. The molecule has 3 heteroatoms. The number of nitrogens with zero attached hydrogens (tertiary/aromatic N) is 1. The van der Waals surface area contributed by atoms with Gasteiger partial charge in [0, 0.05) is 24.5 Å². The number of ether oxygens (including phenoxy) is 1. The van der Waals surface area contributed by atoms with E-state index in [1.807, 2.05) is 12.4 Å². The van der Waals surface area contributed by atoms with Crippen molar-refractivity contribution < 1.29 is 4.74 Å². The Bertz CT molecular complexity index is 597. The second-order valence-corrected chi connectivity index (χ2v) is 5.68. The normalized spacial score (nSPS) is 18.9. The van der Waals surface area contributed by atoms with E-state index in [2.05, 4.69) is 47.6 Å². The fourth-order valence-electron chi connectivity index (χ4n) is 3.13. The highest BCUT2D eigenvalue weighted by Gasteiger charge is 2.22. The van der Waals surface area contributed by atoms with Crippen molar-refractivity contribution in [2.75, 3.05) is 7.11 Å². The highest BCUT2D eigenvalue weighted by atomic mass is 16.5. The first-order chi connectivity index (χ1) is 10.3. The molecule has 0 radical (unpaired) electrons. The van der Waals surface area contributed by atoms with Crippen LogP contribution in [-0.4, -0.2) is 12.1 Å². The third-order valence-electron chi connectivity index (χ3n) is 4.32. The molecule has 2 atom stereocenters. The minimum atomic E-state index is 0.315. The maximum atomic E-state index is 5.38. The van der Waals surface area contributed by atoms with Crippen LogP contribution >= 0.6 is 0 Å². The number of hydrogen-bond donors (Lipinski definition) is 1. The number of nitrogens with one attached hydrogen (secondary N) is 1. The summed E-state index contributed by atoms with van der Waals surface area (Å²) in [4.78, 5) is 4.09. The highest BCUT2D eigenvalue weighted by molar-refractivity contribution is 5.39. The Hall–Kier alpha value is -1.87. The molecule has 3 nitrogen and oxygen atoms in total. The summed E-state index contributed by atoms with van der Waals surface area (Å²) in [5.74, 6) is 0.944. The third-order valence-corrected chi connectivity index (χ3v) is 4.32. The molecule has 1 aliphatic carbocycles. The Labute approximate surface area is 126 Å². The zero-order valence-electron chi connectivity index (χ0n) is 12.7. The molecular weight excluding hydrogens is 260 g/mol. The van der Waals surface area contributed by atoms with Gasteiger partial charge in [0.1, 0.15) is 5.75 Å². The Morgan fingerprint density at radius 3 is 2.81 bits per heavy atom. The Kier molecular flexibility index (Phi) is 4.20. The van der Waals surface area contributed by atoms with E-state index in [9.17, 15) is 0 Å². The fourth-order valence-corrected chi connectivity index (χ4v) is 3.13. The van der Waals surface area contributed by atoms with Crippen LogP contribution in [-0.2, 0) is 6.42 Å². The van der Waals surface area contributed by atoms with E-state index in [4.69, 9.17) is 4.74 Å². The number of benzene rings is 1. The van der Waals surface area contributed by atoms with Crippen LogP contribution < -0.4 is 10.1 Å². The molecule has 0 saturated carbocycles. The number of aromatic nitrogens is 1. The van der Waals surface area contributed by atoms with Crippen molar-refractivity contribution in [1.29, 1.82) is 0 Å². The Morgan fingerprint density at radius 1 is 1.24 bits per heavy atom. The molecule has 0 spiro atoms. The van der Waals surface area contributed by atoms with Gasteiger partial charge >= 0.3 is 0 Å². The van der Waals surface area contributed by atoms with Gasteiger partial charge in [0.05, 0.1) is 7.11 Å². The van der Waals surface area contributed by atoms with Crippen molar-refractivity contribution in [3.63, 3.8) is 0 Å². The smallest absolute Gasteiger partial charge is 0.119 e. The second-order valence-electron chi connectivity index (χ2n) is 5.68. The fraction of sp³-hybridized carbons (Fsp3) is 0.389. The predicted octanol–water partition coefficient (Wildman–Crippen LogP) is 3.82. The number of hydrogen-bond acceptors (Lipinski definition) is 3. The molecule has 1 unspecified atom stereocenters. The molecule has 2 aromatic rings. The molecule has 21 heavy (non-hydrogen) atoms. The maximum Gasteiger partial charge on any atom is 0.119 e. The SMILES string of the molecule is COc1ccc2c(c1)C(N[C@H](C)c1ccncc1)CCC2. The molecule has 3 rings (SSSR count). The first-order valence-corrected chi connectivity index (χ1v) is 7.60. The summed E-state index contributed by atoms with van der Waals surface area (Å²) >= 11 is 0. The van der Waals surface area contributed by atoms with Gasteiger partial charge in [0.2, 0.25) is 0 Å². The van der Waals surface area contributed by atoms with Gasteiger partial charge in [-0.2, -0.15) is 0 Å². The van der Waals surface area contributed by atoms with Crippen molar-refractivity contribution in [2.24, 2.45) is 0 Å². The third kappa shape index (κ3) is 3.08. The molecule has 110 valence electrons. The molecule has 0 saturated heterocycles. The van der Waals surface area contributed by atoms with Crippen molar-refractivity contribution >= 4 is 0 Å². The highest BCUT2D eigenvalue weighted by Crippen LogP contribution is 2.34. The Balaban J connectivity index is 1.81. The number of pyridine rings is 1. The standard InChI is InChI=1S/C18H22N2O/c1-13(14-8-10-19-11-9-14)20-18-5-3-4-15-6-7-16(21-2)12-17(15)18/h6-13,18,20H,3-5H2,1-2H3/t13-,18?/m1/s1. The lowest BCUT2D eigenvalue weighted by Crippen LogP contribution is -2.27. The molecule has 0 aliphatic heterocycles.